The molecule has 61 heavy (non-hydrogen) atoms. The zero-order valence-electron chi connectivity index (χ0n) is 39.0. The molecule has 0 fully saturated rings. The number of carboxylic acid groups (broad SMARTS) is 3. The van der Waals surface area contributed by atoms with Gasteiger partial charge >= 0.3 is 17.4 Å². The molecule has 0 rings (SSSR count). The van der Waals surface area contributed by atoms with Gasteiger partial charge in [-0.15, -0.1) is 0 Å². The van der Waals surface area contributed by atoms with Gasteiger partial charge in [0.25, 0.3) is 0 Å². The molecule has 1 radical (unpaired) electrons. The van der Waals surface area contributed by atoms with Crippen LogP contribution in [0.4, 0.5) is 0 Å². The molecule has 7 heteroatoms. The maximum Gasteiger partial charge on any atom is 3.00 e. The maximum absolute atomic E-state index is 10.2. The minimum Gasteiger partial charge on any atom is -0.550 e. The number of hydrogen-bond acceptors (Lipinski definition) is 6. The average molecular weight is 884 g/mol. The van der Waals surface area contributed by atoms with Gasteiger partial charge in [0.15, 0.2) is 0 Å². The van der Waals surface area contributed by atoms with Gasteiger partial charge in [-0.25, -0.2) is 0 Å². The fourth-order valence-corrected chi connectivity index (χ4v) is 5.67. The van der Waals surface area contributed by atoms with Crippen LogP contribution < -0.4 is 15.3 Å². The third-order valence-corrected chi connectivity index (χ3v) is 9.10. The molecule has 0 aliphatic carbocycles. The van der Waals surface area contributed by atoms with Crippen LogP contribution in [0.1, 0.15) is 213 Å². The summed E-state index contributed by atoms with van der Waals surface area (Å²) < 4.78 is 0. The zero-order valence-corrected chi connectivity index (χ0v) is 40.2. The van der Waals surface area contributed by atoms with Crippen molar-refractivity contribution >= 4 is 17.9 Å². The van der Waals surface area contributed by atoms with Crippen molar-refractivity contribution in [3.05, 3.63) is 109 Å². The Morgan fingerprint density at radius 1 is 0.279 bits per heavy atom. The van der Waals surface area contributed by atoms with Crippen LogP contribution in [0.3, 0.4) is 0 Å². The molecule has 0 atom stereocenters. The standard InChI is InChI=1S/3C18H30O2.Cr/c3*1-2-3-4-5-6-7-8-9-10-11-12-13-14-15-16-17-18(19)20;/h3*3-4,6-7,9-10H,2,5,8,11-17H2,1H3,(H,19,20);/q;;;+3/p-3/b3*4-3-,7-6-,10-9-;. The monoisotopic (exact) mass is 884 g/mol. The summed E-state index contributed by atoms with van der Waals surface area (Å²) in [5, 5.41) is 30.6. The number of aliphatic carboxylic acids is 3. The van der Waals surface area contributed by atoms with Crippen molar-refractivity contribution in [2.24, 2.45) is 0 Å². The Morgan fingerprint density at radius 2 is 0.459 bits per heavy atom. The molecule has 0 amide bonds. The Labute approximate surface area is 386 Å². The first-order chi connectivity index (χ1) is 29.3. The summed E-state index contributed by atoms with van der Waals surface area (Å²) >= 11 is 0. The Hall–Kier alpha value is -3.40. The molecule has 0 N–H and O–H groups in total. The molecule has 0 aromatic carbocycles. The average Bonchev–Trinajstić information content (AvgIpc) is 3.22. The molecule has 0 heterocycles. The first-order valence-corrected chi connectivity index (χ1v) is 23.8. The minimum absolute atomic E-state index is 0. The van der Waals surface area contributed by atoms with Crippen LogP contribution in [-0.2, 0) is 31.7 Å². The van der Waals surface area contributed by atoms with Crippen molar-refractivity contribution in [1.29, 1.82) is 0 Å². The fourth-order valence-electron chi connectivity index (χ4n) is 5.67. The molecule has 0 aliphatic rings. The van der Waals surface area contributed by atoms with Gasteiger partial charge in [0, 0.05) is 17.9 Å². The SMILES string of the molecule is CC/C=C\C/C=C\C/C=C\CCCCCCCC(=O)[O-].CC/C=C\C/C=C\C/C=C\CCCCCCCC(=O)[O-].CC/C=C\C/C=C\C/C=C\CCCCCCCC(=O)[O-].[Cr+3]. The normalized spacial score (nSPS) is 11.9. The van der Waals surface area contributed by atoms with Crippen LogP contribution in [0, 0.1) is 0 Å². The summed E-state index contributed by atoms with van der Waals surface area (Å²) in [4.78, 5) is 30.6. The Balaban J connectivity index is -0.000000396. The first-order valence-electron chi connectivity index (χ1n) is 23.8. The van der Waals surface area contributed by atoms with Crippen LogP contribution in [-0.4, -0.2) is 17.9 Å². The quantitative estimate of drug-likeness (QED) is 0.0448. The van der Waals surface area contributed by atoms with Crippen molar-refractivity contribution < 1.29 is 47.1 Å². The summed E-state index contributed by atoms with van der Waals surface area (Å²) in [6.45, 7) is 6.44. The fraction of sp³-hybridized carbons (Fsp3) is 0.611. The first kappa shape index (κ1) is 64.2. The Morgan fingerprint density at radius 3 is 0.672 bits per heavy atom. The van der Waals surface area contributed by atoms with E-state index >= 15 is 0 Å². The molecule has 0 saturated heterocycles. The van der Waals surface area contributed by atoms with Crippen LogP contribution in [0.5, 0.6) is 0 Å². The molecule has 0 unspecified atom stereocenters. The van der Waals surface area contributed by atoms with Crippen LogP contribution in [0.25, 0.3) is 0 Å². The summed E-state index contributed by atoms with van der Waals surface area (Å²) in [6.07, 6.45) is 69.1. The van der Waals surface area contributed by atoms with Gasteiger partial charge in [0.05, 0.1) is 0 Å². The van der Waals surface area contributed by atoms with Crippen molar-refractivity contribution in [1.82, 2.24) is 0 Å². The predicted octanol–water partition coefficient (Wildman–Crippen LogP) is 13.0. The minimum atomic E-state index is -0.925. The molecule has 0 aromatic heterocycles. The summed E-state index contributed by atoms with van der Waals surface area (Å²) in [7, 11) is 0. The topological polar surface area (TPSA) is 120 Å². The summed E-state index contributed by atoms with van der Waals surface area (Å²) in [5.41, 5.74) is 0. The van der Waals surface area contributed by atoms with E-state index in [1.165, 1.54) is 38.5 Å². The number of hydrogen-bond donors (Lipinski definition) is 0. The van der Waals surface area contributed by atoms with E-state index in [1.54, 1.807) is 0 Å². The summed E-state index contributed by atoms with van der Waals surface area (Å²) in [6, 6.07) is 0. The van der Waals surface area contributed by atoms with E-state index in [2.05, 4.69) is 130 Å². The number of carbonyl (C=O) groups excluding carboxylic acids is 3. The van der Waals surface area contributed by atoms with E-state index in [0.717, 1.165) is 135 Å². The second kappa shape index (κ2) is 60.9. The van der Waals surface area contributed by atoms with E-state index in [0.29, 0.717) is 0 Å². The molecule has 0 saturated carbocycles. The number of carboxylic acids is 3. The molecule has 345 valence electrons. The molecule has 6 nitrogen and oxygen atoms in total. The summed E-state index contributed by atoms with van der Waals surface area (Å²) in [5.74, 6) is -2.77. The Kier molecular flexibility index (Phi) is 64.1. The van der Waals surface area contributed by atoms with Gasteiger partial charge in [-0.1, -0.05) is 188 Å². The number of unbranched alkanes of at least 4 members (excludes halogenated alkanes) is 15. The van der Waals surface area contributed by atoms with Crippen LogP contribution in [0.15, 0.2) is 109 Å². The van der Waals surface area contributed by atoms with E-state index in [4.69, 9.17) is 0 Å². The molecular weight excluding hydrogens is 797 g/mol. The van der Waals surface area contributed by atoms with Gasteiger partial charge in [-0.2, -0.15) is 0 Å². The van der Waals surface area contributed by atoms with E-state index < -0.39 is 17.9 Å². The second-order valence-electron chi connectivity index (χ2n) is 14.9. The van der Waals surface area contributed by atoms with Crippen molar-refractivity contribution in [3.63, 3.8) is 0 Å². The number of allylic oxidation sites excluding steroid dienone is 18. The van der Waals surface area contributed by atoms with Crippen LogP contribution >= 0.6 is 0 Å². The largest absolute Gasteiger partial charge is 3.00 e. The van der Waals surface area contributed by atoms with Gasteiger partial charge in [0.2, 0.25) is 0 Å². The maximum atomic E-state index is 10.2. The van der Waals surface area contributed by atoms with Gasteiger partial charge in [0.1, 0.15) is 0 Å². The smallest absolute Gasteiger partial charge is 0.550 e. The van der Waals surface area contributed by atoms with Crippen molar-refractivity contribution in [2.75, 3.05) is 0 Å². The molecule has 0 bridgehead atoms. The number of rotatable bonds is 39. The van der Waals surface area contributed by atoms with Gasteiger partial charge in [-0.3, -0.25) is 0 Å². The van der Waals surface area contributed by atoms with E-state index in [-0.39, 0.29) is 36.6 Å². The predicted molar refractivity (Wildman–Crippen MR) is 253 cm³/mol. The zero-order chi connectivity index (χ0) is 44.7. The van der Waals surface area contributed by atoms with Gasteiger partial charge in [-0.05, 0) is 135 Å². The molecular formula is C54H87CrO6. The molecule has 0 aliphatic heterocycles. The second-order valence-corrected chi connectivity index (χ2v) is 14.9. The van der Waals surface area contributed by atoms with E-state index in [9.17, 15) is 29.7 Å². The van der Waals surface area contributed by atoms with E-state index in [1.807, 2.05) is 0 Å². The molecule has 0 spiro atoms. The van der Waals surface area contributed by atoms with Crippen LogP contribution in [0.2, 0.25) is 0 Å². The third kappa shape index (κ3) is 74.5. The van der Waals surface area contributed by atoms with Crippen molar-refractivity contribution in [2.45, 2.75) is 213 Å². The Bertz CT molecular complexity index is 1060. The molecule has 0 aromatic rings. The number of carbonyl (C=O) groups is 3. The third-order valence-electron chi connectivity index (χ3n) is 9.10. The van der Waals surface area contributed by atoms with Gasteiger partial charge < -0.3 is 29.7 Å². The van der Waals surface area contributed by atoms with Crippen molar-refractivity contribution in [3.8, 4) is 0 Å².